The van der Waals surface area contributed by atoms with Crippen LogP contribution in [0.2, 0.25) is 0 Å². The van der Waals surface area contributed by atoms with Gasteiger partial charge in [0.25, 0.3) is 0 Å². The summed E-state index contributed by atoms with van der Waals surface area (Å²) >= 11 is 0. The van der Waals surface area contributed by atoms with E-state index in [2.05, 4.69) is 19.9 Å². The van der Waals surface area contributed by atoms with Gasteiger partial charge in [-0.3, -0.25) is 4.79 Å². The molecule has 0 aromatic rings. The third-order valence-electron chi connectivity index (χ3n) is 9.11. The first-order valence-electron chi connectivity index (χ1n) is 10.5. The molecule has 3 nitrogen and oxygen atoms in total. The standard InChI is InChI=1S/C22H32O3/c1-21-8-5-14(23)11-13(21)3-4-15-16(21)6-9-22(2)17(15)12-19-20(22)18(24)7-10-25-19/h3,14-17,19-20,23H,4-12H2,1-2H3/t14-,15+,16-,17+,19-,20+,21+,22+/m1/s1. The molecule has 0 amide bonds. The van der Waals surface area contributed by atoms with Gasteiger partial charge in [0.15, 0.2) is 0 Å². The van der Waals surface area contributed by atoms with Gasteiger partial charge in [-0.1, -0.05) is 25.5 Å². The maximum absolute atomic E-state index is 12.7. The molecule has 8 atom stereocenters. The first-order valence-corrected chi connectivity index (χ1v) is 10.5. The molecule has 25 heavy (non-hydrogen) atoms. The minimum absolute atomic E-state index is 0.134. The highest BCUT2D eigenvalue weighted by Crippen LogP contribution is 2.67. The molecule has 1 aliphatic heterocycles. The number of ketones is 1. The van der Waals surface area contributed by atoms with Crippen molar-refractivity contribution < 1.29 is 14.6 Å². The van der Waals surface area contributed by atoms with Crippen LogP contribution in [0, 0.1) is 34.5 Å². The van der Waals surface area contributed by atoms with Gasteiger partial charge >= 0.3 is 0 Å². The van der Waals surface area contributed by atoms with E-state index in [1.165, 1.54) is 18.4 Å². The van der Waals surface area contributed by atoms with Crippen molar-refractivity contribution in [1.82, 2.24) is 0 Å². The van der Waals surface area contributed by atoms with E-state index in [-0.39, 0.29) is 29.0 Å². The number of carbonyl (C=O) groups is 1. The Balaban J connectivity index is 1.50. The normalized spacial score (nSPS) is 54.8. The number of fused-ring (bicyclic) bond motifs is 7. The van der Waals surface area contributed by atoms with E-state index in [0.717, 1.165) is 38.0 Å². The highest BCUT2D eigenvalue weighted by atomic mass is 16.5. The first-order chi connectivity index (χ1) is 11.9. The molecule has 1 heterocycles. The van der Waals surface area contributed by atoms with Gasteiger partial charge in [0.2, 0.25) is 0 Å². The lowest BCUT2D eigenvalue weighted by Gasteiger charge is -2.57. The van der Waals surface area contributed by atoms with E-state index in [9.17, 15) is 9.90 Å². The smallest absolute Gasteiger partial charge is 0.141 e. The van der Waals surface area contributed by atoms with Crippen LogP contribution < -0.4 is 0 Å². The van der Waals surface area contributed by atoms with Crippen molar-refractivity contribution in [2.75, 3.05) is 6.61 Å². The second-order valence-corrected chi connectivity index (χ2v) is 10.0. The summed E-state index contributed by atoms with van der Waals surface area (Å²) in [6.45, 7) is 5.50. The molecular weight excluding hydrogens is 312 g/mol. The number of Topliss-reactive ketones (excluding diaryl/α,β-unsaturated/α-hetero) is 1. The van der Waals surface area contributed by atoms with Gasteiger partial charge in [-0.25, -0.2) is 0 Å². The van der Waals surface area contributed by atoms with Crippen LogP contribution in [0.3, 0.4) is 0 Å². The zero-order valence-corrected chi connectivity index (χ0v) is 15.7. The van der Waals surface area contributed by atoms with Crippen LogP contribution in [0.25, 0.3) is 0 Å². The number of ether oxygens (including phenoxy) is 1. The van der Waals surface area contributed by atoms with Crippen LogP contribution in [0.1, 0.15) is 65.2 Å². The van der Waals surface area contributed by atoms with Gasteiger partial charge in [-0.05, 0) is 73.5 Å². The van der Waals surface area contributed by atoms with Crippen LogP contribution in [-0.4, -0.2) is 29.7 Å². The minimum Gasteiger partial charge on any atom is -0.393 e. The van der Waals surface area contributed by atoms with Gasteiger partial charge in [-0.2, -0.15) is 0 Å². The molecule has 5 rings (SSSR count). The van der Waals surface area contributed by atoms with E-state index in [0.29, 0.717) is 30.6 Å². The summed E-state index contributed by atoms with van der Waals surface area (Å²) in [6, 6.07) is 0. The largest absolute Gasteiger partial charge is 0.393 e. The molecule has 1 saturated heterocycles. The molecule has 0 aromatic carbocycles. The molecular formula is C22H32O3. The molecule has 0 unspecified atom stereocenters. The Kier molecular flexibility index (Phi) is 3.58. The Morgan fingerprint density at radius 1 is 1.20 bits per heavy atom. The Hall–Kier alpha value is -0.670. The van der Waals surface area contributed by atoms with Crippen molar-refractivity contribution in [1.29, 1.82) is 0 Å². The first kappa shape index (κ1) is 16.5. The summed E-state index contributed by atoms with van der Waals surface area (Å²) < 4.78 is 6.09. The second kappa shape index (κ2) is 5.42. The average Bonchev–Trinajstić information content (AvgIpc) is 2.89. The number of aliphatic hydroxyl groups is 1. The van der Waals surface area contributed by atoms with Crippen LogP contribution in [0.15, 0.2) is 11.6 Å². The Labute approximate surface area is 151 Å². The summed E-state index contributed by atoms with van der Waals surface area (Å²) in [4.78, 5) is 12.7. The van der Waals surface area contributed by atoms with Gasteiger partial charge in [0.05, 0.1) is 18.8 Å². The maximum Gasteiger partial charge on any atom is 0.141 e. The highest BCUT2D eigenvalue weighted by molar-refractivity contribution is 5.83. The van der Waals surface area contributed by atoms with Gasteiger partial charge in [0, 0.05) is 12.3 Å². The number of rotatable bonds is 0. The van der Waals surface area contributed by atoms with Crippen LogP contribution in [-0.2, 0) is 9.53 Å². The third-order valence-corrected chi connectivity index (χ3v) is 9.11. The lowest BCUT2D eigenvalue weighted by Crippen LogP contribution is -2.51. The SMILES string of the molecule is C[C@]12CC[C@@H]3[C@H](CC=C4C[C@H](O)CC[C@@]43C)[C@@H]1C[C@H]1OCCC(=O)[C@@H]12. The maximum atomic E-state index is 12.7. The topological polar surface area (TPSA) is 46.5 Å². The molecule has 1 N–H and O–H groups in total. The van der Waals surface area contributed by atoms with E-state index in [4.69, 9.17) is 4.74 Å². The summed E-state index contributed by atoms with van der Waals surface area (Å²) in [6.07, 6.45) is 10.8. The number of aliphatic hydroxyl groups excluding tert-OH is 1. The predicted octanol–water partition coefficient (Wildman–Crippen LogP) is 3.89. The fourth-order valence-corrected chi connectivity index (χ4v) is 7.84. The summed E-state index contributed by atoms with van der Waals surface area (Å²) in [5.74, 6) is 2.68. The predicted molar refractivity (Wildman–Crippen MR) is 95.9 cm³/mol. The number of hydrogen-bond donors (Lipinski definition) is 1. The fraction of sp³-hybridized carbons (Fsp3) is 0.864. The third kappa shape index (κ3) is 2.15. The van der Waals surface area contributed by atoms with E-state index >= 15 is 0 Å². The number of hydrogen-bond acceptors (Lipinski definition) is 3. The lowest BCUT2D eigenvalue weighted by atomic mass is 9.47. The fourth-order valence-electron chi connectivity index (χ4n) is 7.84. The van der Waals surface area contributed by atoms with Crippen molar-refractivity contribution in [2.45, 2.75) is 77.4 Å². The Bertz CT molecular complexity index is 625. The molecule has 4 fully saturated rings. The molecule has 4 aliphatic carbocycles. The van der Waals surface area contributed by atoms with Crippen LogP contribution in [0.4, 0.5) is 0 Å². The molecule has 138 valence electrons. The summed E-state index contributed by atoms with van der Waals surface area (Å²) in [7, 11) is 0. The molecule has 3 heteroatoms. The molecule has 3 saturated carbocycles. The van der Waals surface area contributed by atoms with Crippen LogP contribution >= 0.6 is 0 Å². The van der Waals surface area contributed by atoms with E-state index < -0.39 is 0 Å². The van der Waals surface area contributed by atoms with E-state index in [1.807, 2.05) is 0 Å². The molecule has 5 aliphatic rings. The molecule has 0 bridgehead atoms. The highest BCUT2D eigenvalue weighted by Gasteiger charge is 2.63. The summed E-state index contributed by atoms with van der Waals surface area (Å²) in [5.41, 5.74) is 1.96. The van der Waals surface area contributed by atoms with Crippen molar-refractivity contribution in [3.8, 4) is 0 Å². The van der Waals surface area contributed by atoms with E-state index in [1.54, 1.807) is 0 Å². The molecule has 0 spiro atoms. The van der Waals surface area contributed by atoms with Crippen molar-refractivity contribution in [2.24, 2.45) is 34.5 Å². The van der Waals surface area contributed by atoms with Crippen molar-refractivity contribution in [3.05, 3.63) is 11.6 Å². The van der Waals surface area contributed by atoms with Crippen molar-refractivity contribution >= 4 is 5.78 Å². The second-order valence-electron chi connectivity index (χ2n) is 10.0. The number of carbonyl (C=O) groups excluding carboxylic acids is 1. The minimum atomic E-state index is -0.134. The zero-order valence-electron chi connectivity index (χ0n) is 15.7. The van der Waals surface area contributed by atoms with Gasteiger partial charge in [0.1, 0.15) is 5.78 Å². The average molecular weight is 344 g/mol. The molecule has 0 radical (unpaired) electrons. The zero-order chi connectivity index (χ0) is 17.4. The monoisotopic (exact) mass is 344 g/mol. The lowest BCUT2D eigenvalue weighted by molar-refractivity contribution is -0.143. The molecule has 0 aromatic heterocycles. The van der Waals surface area contributed by atoms with Gasteiger partial charge in [-0.15, -0.1) is 0 Å². The summed E-state index contributed by atoms with van der Waals surface area (Å²) in [5, 5.41) is 10.1. The van der Waals surface area contributed by atoms with Crippen LogP contribution in [0.5, 0.6) is 0 Å². The Morgan fingerprint density at radius 3 is 2.88 bits per heavy atom. The number of allylic oxidation sites excluding steroid dienone is 1. The quantitative estimate of drug-likeness (QED) is 0.678. The van der Waals surface area contributed by atoms with Gasteiger partial charge < -0.3 is 9.84 Å². The Morgan fingerprint density at radius 2 is 2.04 bits per heavy atom. The van der Waals surface area contributed by atoms with Crippen molar-refractivity contribution in [3.63, 3.8) is 0 Å².